The van der Waals surface area contributed by atoms with E-state index in [2.05, 4.69) is 57.1 Å². The number of fused-ring (bicyclic) bond motifs is 1. The Bertz CT molecular complexity index is 601. The van der Waals surface area contributed by atoms with Gasteiger partial charge in [0.1, 0.15) is 0 Å². The third-order valence-electron chi connectivity index (χ3n) is 4.87. The van der Waals surface area contributed by atoms with Crippen molar-refractivity contribution in [3.05, 3.63) is 54.4 Å². The number of anilines is 1. The zero-order chi connectivity index (χ0) is 14.2. The Morgan fingerprint density at radius 1 is 0.952 bits per heavy atom. The highest BCUT2D eigenvalue weighted by Gasteiger charge is 2.46. The van der Waals surface area contributed by atoms with E-state index in [1.807, 2.05) is 18.5 Å². The first kappa shape index (κ1) is 12.8. The molecule has 2 saturated heterocycles. The zero-order valence-corrected chi connectivity index (χ0v) is 12.3. The maximum absolute atomic E-state index is 4.41. The zero-order valence-electron chi connectivity index (χ0n) is 12.3. The second-order valence-electron chi connectivity index (χ2n) is 6.17. The number of benzene rings is 1. The summed E-state index contributed by atoms with van der Waals surface area (Å²) in [5.74, 6) is 2.26. The van der Waals surface area contributed by atoms with Gasteiger partial charge in [-0.3, -0.25) is 4.90 Å². The van der Waals surface area contributed by atoms with Crippen molar-refractivity contribution in [2.45, 2.75) is 6.04 Å². The van der Waals surface area contributed by atoms with Gasteiger partial charge in [0, 0.05) is 44.0 Å². The molecule has 4 nitrogen and oxygen atoms in total. The highest BCUT2D eigenvalue weighted by Crippen LogP contribution is 2.44. The molecule has 2 aromatic rings. The van der Waals surface area contributed by atoms with Crippen LogP contribution >= 0.6 is 0 Å². The summed E-state index contributed by atoms with van der Waals surface area (Å²) < 4.78 is 0. The van der Waals surface area contributed by atoms with Gasteiger partial charge in [-0.2, -0.15) is 0 Å². The van der Waals surface area contributed by atoms with Crippen molar-refractivity contribution >= 4 is 5.95 Å². The van der Waals surface area contributed by atoms with Crippen LogP contribution in [-0.4, -0.2) is 41.5 Å². The summed E-state index contributed by atoms with van der Waals surface area (Å²) in [5.41, 5.74) is 1.43. The molecule has 0 unspecified atom stereocenters. The first-order chi connectivity index (χ1) is 10.3. The van der Waals surface area contributed by atoms with Gasteiger partial charge in [0.2, 0.25) is 5.95 Å². The summed E-state index contributed by atoms with van der Waals surface area (Å²) in [6, 6.07) is 13.3. The van der Waals surface area contributed by atoms with E-state index in [9.17, 15) is 0 Å². The number of likely N-dealkylation sites (tertiary alicyclic amines) is 1. The Morgan fingerprint density at radius 3 is 2.48 bits per heavy atom. The maximum atomic E-state index is 4.41. The minimum Gasteiger partial charge on any atom is -0.340 e. The average molecular weight is 280 g/mol. The predicted molar refractivity (Wildman–Crippen MR) is 83.0 cm³/mol. The van der Waals surface area contributed by atoms with Crippen molar-refractivity contribution in [1.82, 2.24) is 14.9 Å². The van der Waals surface area contributed by atoms with E-state index in [0.717, 1.165) is 25.6 Å². The molecule has 108 valence electrons. The van der Waals surface area contributed by atoms with E-state index in [0.29, 0.717) is 17.9 Å². The van der Waals surface area contributed by atoms with Gasteiger partial charge in [0.25, 0.3) is 0 Å². The molecule has 2 aliphatic rings. The van der Waals surface area contributed by atoms with Crippen molar-refractivity contribution in [3.8, 4) is 0 Å². The molecular formula is C17H20N4. The normalized spacial score (nSPS) is 28.8. The molecular weight excluding hydrogens is 260 g/mol. The fourth-order valence-electron chi connectivity index (χ4n) is 4.03. The number of nitrogens with zero attached hydrogens (tertiary/aromatic N) is 4. The van der Waals surface area contributed by atoms with Crippen molar-refractivity contribution in [3.63, 3.8) is 0 Å². The number of hydrogen-bond acceptors (Lipinski definition) is 4. The summed E-state index contributed by atoms with van der Waals surface area (Å²) in [6.45, 7) is 3.29. The Labute approximate surface area is 125 Å². The fourth-order valence-corrected chi connectivity index (χ4v) is 4.03. The lowest BCUT2D eigenvalue weighted by molar-refractivity contribution is 0.279. The van der Waals surface area contributed by atoms with Gasteiger partial charge in [-0.05, 0) is 24.6 Å². The molecule has 3 atom stereocenters. The standard InChI is InChI=1S/C17H20N4/c1-20-10-14-11-21(17-18-8-5-9-19-17)12-15(14)16(20)13-6-3-2-4-7-13/h2-9,14-16H,10-12H2,1H3/t14-,15+,16-/m0/s1. The fraction of sp³-hybridized carbons (Fsp3) is 0.412. The third-order valence-corrected chi connectivity index (χ3v) is 4.87. The lowest BCUT2D eigenvalue weighted by atomic mass is 9.90. The van der Waals surface area contributed by atoms with Crippen LogP contribution in [-0.2, 0) is 0 Å². The van der Waals surface area contributed by atoms with E-state index in [1.54, 1.807) is 0 Å². The minimum absolute atomic E-state index is 0.518. The van der Waals surface area contributed by atoms with Crippen LogP contribution in [0.1, 0.15) is 11.6 Å². The first-order valence-electron chi connectivity index (χ1n) is 7.60. The van der Waals surface area contributed by atoms with Crippen LogP contribution in [0.15, 0.2) is 48.8 Å². The van der Waals surface area contributed by atoms with Crippen molar-refractivity contribution in [1.29, 1.82) is 0 Å². The molecule has 21 heavy (non-hydrogen) atoms. The molecule has 0 N–H and O–H groups in total. The summed E-state index contributed by atoms with van der Waals surface area (Å²) in [7, 11) is 2.25. The average Bonchev–Trinajstić information content (AvgIpc) is 3.05. The van der Waals surface area contributed by atoms with Crippen LogP contribution in [0.4, 0.5) is 5.95 Å². The number of aromatic nitrogens is 2. The molecule has 0 aliphatic carbocycles. The second-order valence-corrected chi connectivity index (χ2v) is 6.17. The van der Waals surface area contributed by atoms with Crippen molar-refractivity contribution in [2.24, 2.45) is 11.8 Å². The lowest BCUT2D eigenvalue weighted by Crippen LogP contribution is -2.29. The molecule has 0 spiro atoms. The van der Waals surface area contributed by atoms with Gasteiger partial charge >= 0.3 is 0 Å². The van der Waals surface area contributed by atoms with Gasteiger partial charge < -0.3 is 4.90 Å². The third kappa shape index (κ3) is 2.20. The molecule has 3 heterocycles. The van der Waals surface area contributed by atoms with Crippen LogP contribution in [0, 0.1) is 11.8 Å². The molecule has 0 bridgehead atoms. The van der Waals surface area contributed by atoms with Gasteiger partial charge in [-0.15, -0.1) is 0 Å². The summed E-state index contributed by atoms with van der Waals surface area (Å²) in [5, 5.41) is 0. The highest BCUT2D eigenvalue weighted by molar-refractivity contribution is 5.34. The van der Waals surface area contributed by atoms with Crippen LogP contribution in [0.25, 0.3) is 0 Å². The van der Waals surface area contributed by atoms with E-state index < -0.39 is 0 Å². The Kier molecular flexibility index (Phi) is 3.11. The van der Waals surface area contributed by atoms with Crippen LogP contribution in [0.5, 0.6) is 0 Å². The monoisotopic (exact) mass is 280 g/mol. The van der Waals surface area contributed by atoms with Crippen molar-refractivity contribution < 1.29 is 0 Å². The molecule has 0 amide bonds. The van der Waals surface area contributed by atoms with E-state index in [1.165, 1.54) is 5.56 Å². The summed E-state index contributed by atoms with van der Waals surface area (Å²) >= 11 is 0. The molecule has 0 radical (unpaired) electrons. The minimum atomic E-state index is 0.518. The van der Waals surface area contributed by atoms with Gasteiger partial charge in [-0.1, -0.05) is 30.3 Å². The topological polar surface area (TPSA) is 32.3 Å². The second kappa shape index (κ2) is 5.11. The summed E-state index contributed by atoms with van der Waals surface area (Å²) in [4.78, 5) is 13.7. The molecule has 1 aromatic heterocycles. The Morgan fingerprint density at radius 2 is 1.71 bits per heavy atom. The highest BCUT2D eigenvalue weighted by atomic mass is 15.3. The maximum Gasteiger partial charge on any atom is 0.225 e. The Hall–Kier alpha value is -1.94. The molecule has 1 aromatic carbocycles. The first-order valence-corrected chi connectivity index (χ1v) is 7.60. The van der Waals surface area contributed by atoms with Crippen molar-refractivity contribution in [2.75, 3.05) is 31.6 Å². The number of rotatable bonds is 2. The predicted octanol–water partition coefficient (Wildman–Crippen LogP) is 2.22. The molecule has 2 fully saturated rings. The molecule has 4 rings (SSSR count). The number of hydrogen-bond donors (Lipinski definition) is 0. The van der Waals surface area contributed by atoms with Gasteiger partial charge in [0.05, 0.1) is 0 Å². The van der Waals surface area contributed by atoms with Gasteiger partial charge in [0.15, 0.2) is 0 Å². The molecule has 2 aliphatic heterocycles. The van der Waals surface area contributed by atoms with Crippen LogP contribution in [0.3, 0.4) is 0 Å². The summed E-state index contributed by atoms with van der Waals surface area (Å²) in [6.07, 6.45) is 3.66. The van der Waals surface area contributed by atoms with Crippen LogP contribution < -0.4 is 4.90 Å². The molecule has 0 saturated carbocycles. The van der Waals surface area contributed by atoms with E-state index in [-0.39, 0.29) is 0 Å². The molecule has 4 heteroatoms. The van der Waals surface area contributed by atoms with Crippen LogP contribution in [0.2, 0.25) is 0 Å². The quantitative estimate of drug-likeness (QED) is 0.844. The van der Waals surface area contributed by atoms with E-state index >= 15 is 0 Å². The smallest absolute Gasteiger partial charge is 0.225 e. The largest absolute Gasteiger partial charge is 0.340 e. The van der Waals surface area contributed by atoms with Gasteiger partial charge in [-0.25, -0.2) is 9.97 Å². The Balaban J connectivity index is 1.59. The SMILES string of the molecule is CN1C[C@H]2CN(c3ncccn3)C[C@H]2[C@@H]1c1ccccc1. The van der Waals surface area contributed by atoms with E-state index in [4.69, 9.17) is 0 Å². The lowest BCUT2D eigenvalue weighted by Gasteiger charge is -2.26.